The standard InChI is InChI=1S/C12H14ClNO2/c13-10-4-2-1-3-9(10)11(15)12(14)5-7-16-8-6-12/h1-4H,5-8,14H2. The normalized spacial score (nSPS) is 19.4. The second-order valence-electron chi connectivity index (χ2n) is 4.08. The van der Waals surface area contributed by atoms with Crippen LogP contribution in [-0.2, 0) is 4.74 Å². The zero-order chi connectivity index (χ0) is 11.6. The molecule has 1 aliphatic rings. The van der Waals surface area contributed by atoms with Crippen LogP contribution in [0.3, 0.4) is 0 Å². The smallest absolute Gasteiger partial charge is 0.184 e. The van der Waals surface area contributed by atoms with Crippen molar-refractivity contribution in [1.82, 2.24) is 0 Å². The molecule has 86 valence electrons. The number of halogens is 1. The molecule has 0 aliphatic carbocycles. The van der Waals surface area contributed by atoms with Crippen molar-refractivity contribution >= 4 is 17.4 Å². The molecule has 0 saturated carbocycles. The van der Waals surface area contributed by atoms with Gasteiger partial charge >= 0.3 is 0 Å². The first kappa shape index (κ1) is 11.6. The van der Waals surface area contributed by atoms with Crippen molar-refractivity contribution in [3.63, 3.8) is 0 Å². The van der Waals surface area contributed by atoms with E-state index in [1.807, 2.05) is 0 Å². The number of hydrogen-bond donors (Lipinski definition) is 1. The van der Waals surface area contributed by atoms with Gasteiger partial charge in [0.15, 0.2) is 5.78 Å². The van der Waals surface area contributed by atoms with Crippen LogP contribution in [0.25, 0.3) is 0 Å². The molecule has 4 heteroatoms. The van der Waals surface area contributed by atoms with Crippen molar-refractivity contribution in [3.8, 4) is 0 Å². The van der Waals surface area contributed by atoms with Crippen LogP contribution in [0.4, 0.5) is 0 Å². The Kier molecular flexibility index (Phi) is 3.28. The Balaban J connectivity index is 2.28. The Morgan fingerprint density at radius 2 is 1.94 bits per heavy atom. The SMILES string of the molecule is NC1(C(=O)c2ccccc2Cl)CCOCC1. The van der Waals surface area contributed by atoms with E-state index in [0.717, 1.165) is 0 Å². The van der Waals surface area contributed by atoms with E-state index in [1.165, 1.54) is 0 Å². The van der Waals surface area contributed by atoms with Crippen LogP contribution in [0.1, 0.15) is 23.2 Å². The molecule has 16 heavy (non-hydrogen) atoms. The number of rotatable bonds is 2. The van der Waals surface area contributed by atoms with Gasteiger partial charge in [-0.05, 0) is 25.0 Å². The molecule has 2 rings (SSSR count). The fourth-order valence-electron chi connectivity index (χ4n) is 1.88. The highest BCUT2D eigenvalue weighted by atomic mass is 35.5. The molecular weight excluding hydrogens is 226 g/mol. The van der Waals surface area contributed by atoms with Gasteiger partial charge in [-0.15, -0.1) is 0 Å². The van der Waals surface area contributed by atoms with Crippen LogP contribution in [0, 0.1) is 0 Å². The minimum atomic E-state index is -0.816. The third kappa shape index (κ3) is 2.12. The molecule has 0 aromatic heterocycles. The van der Waals surface area contributed by atoms with E-state index in [9.17, 15) is 4.79 Å². The van der Waals surface area contributed by atoms with Gasteiger partial charge in [-0.1, -0.05) is 23.7 Å². The molecule has 1 saturated heterocycles. The van der Waals surface area contributed by atoms with Crippen molar-refractivity contribution < 1.29 is 9.53 Å². The molecule has 3 nitrogen and oxygen atoms in total. The molecule has 1 heterocycles. The van der Waals surface area contributed by atoms with Crippen LogP contribution in [0.15, 0.2) is 24.3 Å². The number of benzene rings is 1. The number of hydrogen-bond acceptors (Lipinski definition) is 3. The zero-order valence-electron chi connectivity index (χ0n) is 8.91. The summed E-state index contributed by atoms with van der Waals surface area (Å²) >= 11 is 5.99. The fraction of sp³-hybridized carbons (Fsp3) is 0.417. The summed E-state index contributed by atoms with van der Waals surface area (Å²) < 4.78 is 5.22. The van der Waals surface area contributed by atoms with Gasteiger partial charge < -0.3 is 10.5 Å². The number of nitrogens with two attached hydrogens (primary N) is 1. The lowest BCUT2D eigenvalue weighted by Gasteiger charge is -2.32. The van der Waals surface area contributed by atoms with Gasteiger partial charge in [-0.25, -0.2) is 0 Å². The second-order valence-corrected chi connectivity index (χ2v) is 4.48. The molecule has 1 aromatic carbocycles. The van der Waals surface area contributed by atoms with E-state index in [2.05, 4.69) is 0 Å². The average Bonchev–Trinajstić information content (AvgIpc) is 2.30. The number of ketones is 1. The van der Waals surface area contributed by atoms with Gasteiger partial charge in [0.05, 0.1) is 10.6 Å². The third-order valence-electron chi connectivity index (χ3n) is 2.96. The van der Waals surface area contributed by atoms with Crippen LogP contribution >= 0.6 is 11.6 Å². The summed E-state index contributed by atoms with van der Waals surface area (Å²) in [4.78, 5) is 12.3. The minimum Gasteiger partial charge on any atom is -0.381 e. The Labute approximate surface area is 99.5 Å². The largest absolute Gasteiger partial charge is 0.381 e. The summed E-state index contributed by atoms with van der Waals surface area (Å²) in [7, 11) is 0. The summed E-state index contributed by atoms with van der Waals surface area (Å²) in [5.41, 5.74) is 5.81. The lowest BCUT2D eigenvalue weighted by molar-refractivity contribution is 0.0448. The van der Waals surface area contributed by atoms with Gasteiger partial charge in [0, 0.05) is 18.8 Å². The average molecular weight is 240 g/mol. The van der Waals surface area contributed by atoms with E-state index < -0.39 is 5.54 Å². The first-order valence-electron chi connectivity index (χ1n) is 5.29. The van der Waals surface area contributed by atoms with Crippen LogP contribution in [0.2, 0.25) is 5.02 Å². The third-order valence-corrected chi connectivity index (χ3v) is 3.29. The van der Waals surface area contributed by atoms with Crippen molar-refractivity contribution in [2.45, 2.75) is 18.4 Å². The summed E-state index contributed by atoms with van der Waals surface area (Å²) in [6, 6.07) is 7.01. The maximum Gasteiger partial charge on any atom is 0.184 e. The number of Topliss-reactive ketones (excluding diaryl/α,β-unsaturated/α-hetero) is 1. The van der Waals surface area contributed by atoms with E-state index in [1.54, 1.807) is 24.3 Å². The fourth-order valence-corrected chi connectivity index (χ4v) is 2.10. The quantitative estimate of drug-likeness (QED) is 0.804. The number of carbonyl (C=O) groups is 1. The second kappa shape index (κ2) is 4.53. The van der Waals surface area contributed by atoms with Gasteiger partial charge in [0.1, 0.15) is 0 Å². The zero-order valence-corrected chi connectivity index (χ0v) is 9.67. The minimum absolute atomic E-state index is 0.0820. The van der Waals surface area contributed by atoms with Crippen LogP contribution in [-0.4, -0.2) is 24.5 Å². The topological polar surface area (TPSA) is 52.3 Å². The Morgan fingerprint density at radius 1 is 1.31 bits per heavy atom. The van der Waals surface area contributed by atoms with E-state index in [4.69, 9.17) is 22.1 Å². The van der Waals surface area contributed by atoms with Crippen LogP contribution < -0.4 is 5.73 Å². The lowest BCUT2D eigenvalue weighted by Crippen LogP contribution is -2.52. The molecule has 0 radical (unpaired) electrons. The molecular formula is C12H14ClNO2. The van der Waals surface area contributed by atoms with E-state index in [0.29, 0.717) is 36.6 Å². The van der Waals surface area contributed by atoms with E-state index >= 15 is 0 Å². The molecule has 1 fully saturated rings. The Hall–Kier alpha value is -0.900. The maximum absolute atomic E-state index is 12.3. The monoisotopic (exact) mass is 239 g/mol. The molecule has 0 atom stereocenters. The number of carbonyl (C=O) groups excluding carboxylic acids is 1. The van der Waals surface area contributed by atoms with Crippen molar-refractivity contribution in [2.75, 3.05) is 13.2 Å². The van der Waals surface area contributed by atoms with Gasteiger partial charge in [0.2, 0.25) is 0 Å². The Morgan fingerprint density at radius 3 is 2.56 bits per heavy atom. The molecule has 0 bridgehead atoms. The predicted molar refractivity (Wildman–Crippen MR) is 62.8 cm³/mol. The van der Waals surface area contributed by atoms with Crippen molar-refractivity contribution in [3.05, 3.63) is 34.9 Å². The Bertz CT molecular complexity index is 400. The van der Waals surface area contributed by atoms with Gasteiger partial charge in [-0.2, -0.15) is 0 Å². The van der Waals surface area contributed by atoms with Crippen LogP contribution in [0.5, 0.6) is 0 Å². The molecule has 0 amide bonds. The maximum atomic E-state index is 12.3. The van der Waals surface area contributed by atoms with E-state index in [-0.39, 0.29) is 5.78 Å². The summed E-state index contributed by atoms with van der Waals surface area (Å²) in [6.07, 6.45) is 1.11. The highest BCUT2D eigenvalue weighted by Crippen LogP contribution is 2.26. The molecule has 1 aromatic rings. The summed E-state index contributed by atoms with van der Waals surface area (Å²) in [6.45, 7) is 1.07. The highest BCUT2D eigenvalue weighted by molar-refractivity contribution is 6.34. The highest BCUT2D eigenvalue weighted by Gasteiger charge is 2.37. The van der Waals surface area contributed by atoms with Gasteiger partial charge in [0.25, 0.3) is 0 Å². The predicted octanol–water partition coefficient (Wildman–Crippen LogP) is 2.03. The number of ether oxygens (including phenoxy) is 1. The summed E-state index contributed by atoms with van der Waals surface area (Å²) in [5.74, 6) is -0.0820. The molecule has 2 N–H and O–H groups in total. The molecule has 0 spiro atoms. The first-order chi connectivity index (χ1) is 7.63. The molecule has 1 aliphatic heterocycles. The van der Waals surface area contributed by atoms with Crippen molar-refractivity contribution in [2.24, 2.45) is 5.73 Å². The van der Waals surface area contributed by atoms with Gasteiger partial charge in [-0.3, -0.25) is 4.79 Å². The first-order valence-corrected chi connectivity index (χ1v) is 5.67. The lowest BCUT2D eigenvalue weighted by atomic mass is 9.83. The summed E-state index contributed by atoms with van der Waals surface area (Å²) in [5, 5.41) is 0.462. The molecule has 0 unspecified atom stereocenters. The van der Waals surface area contributed by atoms with Crippen molar-refractivity contribution in [1.29, 1.82) is 0 Å².